The van der Waals surface area contributed by atoms with Crippen LogP contribution in [-0.4, -0.2) is 77.8 Å². The molecule has 0 saturated carbocycles. The summed E-state index contributed by atoms with van der Waals surface area (Å²) in [4.78, 5) is 43.5. The second-order valence-corrected chi connectivity index (χ2v) is 12.6. The van der Waals surface area contributed by atoms with Crippen LogP contribution >= 0.6 is 11.3 Å². The molecule has 3 aliphatic heterocycles. The number of ether oxygens (including phenoxy) is 4. The molecule has 4 heterocycles. The standard InChI is InChI=1S/C28H40N4O7S/c1-15(2)16(31-27(35)39-28(3,4)5)13-20(24-30-17(14-40-24)26(34)36-6)37-12-8-7-11-32-23(29)21-18-9-10-19(38-18)22(21)25(32)33/h9-10,14-16,18-22,29H,7-8,11-13H2,1-6H3,(H,31,35)/t16-,18?,19?,20-,21?,22?/m1/s1. The maximum Gasteiger partial charge on any atom is 0.407 e. The normalized spacial score (nSPS) is 24.9. The predicted octanol–water partition coefficient (Wildman–Crippen LogP) is 4.10. The predicted molar refractivity (Wildman–Crippen MR) is 148 cm³/mol. The lowest BCUT2D eigenvalue weighted by Gasteiger charge is -2.28. The first-order valence-corrected chi connectivity index (χ1v) is 14.7. The molecule has 11 nitrogen and oxygen atoms in total. The second-order valence-electron chi connectivity index (χ2n) is 11.7. The van der Waals surface area contributed by atoms with Gasteiger partial charge in [0.15, 0.2) is 5.69 Å². The molecule has 40 heavy (non-hydrogen) atoms. The number of aromatic nitrogens is 1. The molecule has 0 spiro atoms. The Kier molecular flexibility index (Phi) is 9.31. The van der Waals surface area contributed by atoms with Crippen LogP contribution in [0.25, 0.3) is 0 Å². The van der Waals surface area contributed by atoms with Crippen molar-refractivity contribution in [3.05, 3.63) is 28.2 Å². The van der Waals surface area contributed by atoms with Gasteiger partial charge in [-0.05, 0) is 39.5 Å². The van der Waals surface area contributed by atoms with Crippen molar-refractivity contribution in [2.75, 3.05) is 20.3 Å². The zero-order valence-corrected chi connectivity index (χ0v) is 24.8. The number of thiazole rings is 1. The lowest BCUT2D eigenvalue weighted by molar-refractivity contribution is -0.130. The first-order valence-electron chi connectivity index (χ1n) is 13.8. The Labute approximate surface area is 239 Å². The summed E-state index contributed by atoms with van der Waals surface area (Å²) in [5, 5.41) is 13.7. The zero-order valence-electron chi connectivity index (χ0n) is 24.0. The molecule has 2 amide bonds. The molecule has 2 fully saturated rings. The minimum absolute atomic E-state index is 0.0308. The number of amides is 2. The van der Waals surface area contributed by atoms with E-state index in [4.69, 9.17) is 24.4 Å². The van der Waals surface area contributed by atoms with E-state index in [9.17, 15) is 14.4 Å². The van der Waals surface area contributed by atoms with Crippen molar-refractivity contribution in [3.63, 3.8) is 0 Å². The number of esters is 1. The molecule has 3 aliphatic rings. The van der Waals surface area contributed by atoms with Gasteiger partial charge in [-0.1, -0.05) is 26.0 Å². The average Bonchev–Trinajstić information content (AvgIpc) is 3.66. The summed E-state index contributed by atoms with van der Waals surface area (Å²) in [6.07, 6.45) is 4.28. The smallest absolute Gasteiger partial charge is 0.407 e. The monoisotopic (exact) mass is 576 g/mol. The summed E-state index contributed by atoms with van der Waals surface area (Å²) in [6.45, 7) is 10.3. The lowest BCUT2D eigenvalue weighted by atomic mass is 9.85. The largest absolute Gasteiger partial charge is 0.464 e. The summed E-state index contributed by atoms with van der Waals surface area (Å²) in [6, 6.07) is -0.265. The van der Waals surface area contributed by atoms with E-state index < -0.39 is 23.8 Å². The Balaban J connectivity index is 1.35. The Morgan fingerprint density at radius 1 is 1.20 bits per heavy atom. The number of nitrogens with zero attached hydrogens (tertiary/aromatic N) is 2. The minimum atomic E-state index is -0.624. The number of carbonyl (C=O) groups excluding carboxylic acids is 3. The van der Waals surface area contributed by atoms with Gasteiger partial charge in [0.05, 0.1) is 31.2 Å². The molecule has 12 heteroatoms. The highest BCUT2D eigenvalue weighted by atomic mass is 32.1. The van der Waals surface area contributed by atoms with E-state index in [1.165, 1.54) is 18.4 Å². The molecule has 1 aromatic heterocycles. The van der Waals surface area contributed by atoms with Crippen LogP contribution in [0, 0.1) is 23.2 Å². The molecule has 6 atom stereocenters. The van der Waals surface area contributed by atoms with Gasteiger partial charge in [-0.15, -0.1) is 11.3 Å². The number of unbranched alkanes of at least 4 members (excludes halogenated alkanes) is 1. The number of fused-ring (bicyclic) bond motifs is 5. The van der Waals surface area contributed by atoms with Crippen molar-refractivity contribution in [2.24, 2.45) is 17.8 Å². The Hall–Kier alpha value is -2.83. The van der Waals surface area contributed by atoms with Crippen LogP contribution in [0.5, 0.6) is 0 Å². The van der Waals surface area contributed by atoms with E-state index >= 15 is 0 Å². The van der Waals surface area contributed by atoms with E-state index in [1.807, 2.05) is 46.8 Å². The zero-order chi connectivity index (χ0) is 29.2. The lowest BCUT2D eigenvalue weighted by Crippen LogP contribution is -2.42. The van der Waals surface area contributed by atoms with Gasteiger partial charge in [0.1, 0.15) is 22.5 Å². The highest BCUT2D eigenvalue weighted by Gasteiger charge is 2.58. The number of amidine groups is 1. The molecule has 0 aromatic carbocycles. The highest BCUT2D eigenvalue weighted by molar-refractivity contribution is 7.09. The van der Waals surface area contributed by atoms with Crippen molar-refractivity contribution in [2.45, 2.75) is 83.8 Å². The van der Waals surface area contributed by atoms with Crippen molar-refractivity contribution in [3.8, 4) is 0 Å². The molecular weight excluding hydrogens is 536 g/mol. The van der Waals surface area contributed by atoms with E-state index in [0.717, 1.165) is 0 Å². The van der Waals surface area contributed by atoms with Crippen LogP contribution in [0.1, 0.15) is 75.5 Å². The third kappa shape index (κ3) is 6.72. The summed E-state index contributed by atoms with van der Waals surface area (Å²) in [5.41, 5.74) is -0.414. The molecule has 0 aliphatic carbocycles. The third-order valence-corrected chi connectivity index (χ3v) is 8.26. The summed E-state index contributed by atoms with van der Waals surface area (Å²) in [5.74, 6) is -0.581. The van der Waals surface area contributed by atoms with Gasteiger partial charge in [0, 0.05) is 31.0 Å². The SMILES string of the molecule is COC(=O)c1csc([C@@H](C[C@@H](NC(=O)OC(C)(C)C)C(C)C)OCCCCN2C(=N)C3C4C=CC(O4)C3C2=O)n1. The van der Waals surface area contributed by atoms with Crippen LogP contribution in [0.3, 0.4) is 0 Å². The molecule has 220 valence electrons. The van der Waals surface area contributed by atoms with Gasteiger partial charge in [-0.25, -0.2) is 14.6 Å². The number of hydrogen-bond acceptors (Lipinski definition) is 10. The first kappa shape index (κ1) is 30.1. The maximum atomic E-state index is 12.9. The third-order valence-electron chi connectivity index (χ3n) is 7.32. The molecule has 0 radical (unpaired) electrons. The van der Waals surface area contributed by atoms with Crippen molar-refractivity contribution < 1.29 is 33.3 Å². The number of hydrogen-bond donors (Lipinski definition) is 2. The number of methoxy groups -OCH3 is 1. The fraction of sp³-hybridized carbons (Fsp3) is 0.679. The second kappa shape index (κ2) is 12.4. The number of likely N-dealkylation sites (tertiary alicyclic amines) is 1. The number of alkyl carbamates (subject to hydrolysis) is 1. The maximum absolute atomic E-state index is 12.9. The van der Waals surface area contributed by atoms with Gasteiger partial charge in [-0.3, -0.25) is 10.2 Å². The molecule has 2 N–H and O–H groups in total. The summed E-state index contributed by atoms with van der Waals surface area (Å²) in [7, 11) is 1.31. The van der Waals surface area contributed by atoms with Crippen molar-refractivity contribution in [1.82, 2.24) is 15.2 Å². The van der Waals surface area contributed by atoms with Gasteiger partial charge < -0.3 is 29.2 Å². The van der Waals surface area contributed by atoms with E-state index in [2.05, 4.69) is 10.3 Å². The van der Waals surface area contributed by atoms with E-state index in [0.29, 0.717) is 43.3 Å². The van der Waals surface area contributed by atoms with E-state index in [1.54, 1.807) is 10.3 Å². The fourth-order valence-electron chi connectivity index (χ4n) is 5.30. The first-order chi connectivity index (χ1) is 18.9. The highest BCUT2D eigenvalue weighted by Crippen LogP contribution is 2.45. The number of carbonyl (C=O) groups is 3. The Morgan fingerprint density at radius 3 is 2.52 bits per heavy atom. The van der Waals surface area contributed by atoms with Crippen LogP contribution in [0.4, 0.5) is 4.79 Å². The topological polar surface area (TPSA) is 140 Å². The van der Waals surface area contributed by atoms with Crippen LogP contribution in [0.15, 0.2) is 17.5 Å². The molecular formula is C28H40N4O7S. The van der Waals surface area contributed by atoms with Crippen LogP contribution < -0.4 is 5.32 Å². The molecule has 4 rings (SSSR count). The van der Waals surface area contributed by atoms with Gasteiger partial charge in [0.2, 0.25) is 5.91 Å². The molecule has 1 aromatic rings. The van der Waals surface area contributed by atoms with Crippen LogP contribution in [0.2, 0.25) is 0 Å². The summed E-state index contributed by atoms with van der Waals surface area (Å²) >= 11 is 1.30. The molecule has 2 bridgehead atoms. The van der Waals surface area contributed by atoms with Gasteiger partial charge in [0.25, 0.3) is 0 Å². The Bertz CT molecular complexity index is 1110. The average molecular weight is 577 g/mol. The number of rotatable bonds is 12. The van der Waals surface area contributed by atoms with Crippen molar-refractivity contribution in [1.29, 1.82) is 5.41 Å². The Morgan fingerprint density at radius 2 is 1.90 bits per heavy atom. The van der Waals surface area contributed by atoms with Gasteiger partial charge in [-0.2, -0.15) is 0 Å². The quantitative estimate of drug-likeness (QED) is 0.215. The number of nitrogens with one attached hydrogen (secondary N) is 2. The molecule has 2 saturated heterocycles. The molecule has 4 unspecified atom stereocenters. The van der Waals surface area contributed by atoms with E-state index in [-0.39, 0.29) is 47.6 Å². The van der Waals surface area contributed by atoms with Gasteiger partial charge >= 0.3 is 12.1 Å². The van der Waals surface area contributed by atoms with Crippen molar-refractivity contribution >= 4 is 35.1 Å². The van der Waals surface area contributed by atoms with Crippen LogP contribution in [-0.2, 0) is 23.7 Å². The fourth-order valence-corrected chi connectivity index (χ4v) is 6.14. The summed E-state index contributed by atoms with van der Waals surface area (Å²) < 4.78 is 22.3. The minimum Gasteiger partial charge on any atom is -0.464 e.